The molecule has 2 N–H and O–H groups in total. The summed E-state index contributed by atoms with van der Waals surface area (Å²) in [6.45, 7) is 1.70. The Morgan fingerprint density at radius 2 is 2.07 bits per heavy atom. The summed E-state index contributed by atoms with van der Waals surface area (Å²) in [6, 6.07) is 0.229. The molecule has 3 fully saturated rings. The highest BCUT2D eigenvalue weighted by atomic mass is 16.2. The molecule has 1 heterocycles. The fraction of sp³-hybridized carbons (Fsp3) is 0.917. The molecule has 3 heteroatoms. The molecule has 0 aromatic carbocycles. The van der Waals surface area contributed by atoms with E-state index in [1.807, 2.05) is 4.90 Å². The second-order valence-corrected chi connectivity index (χ2v) is 5.61. The predicted octanol–water partition coefficient (Wildman–Crippen LogP) is 0.982. The largest absolute Gasteiger partial charge is 0.341 e. The van der Waals surface area contributed by atoms with Crippen molar-refractivity contribution in [2.75, 3.05) is 13.1 Å². The molecule has 0 aromatic heterocycles. The van der Waals surface area contributed by atoms with Crippen LogP contribution in [0.2, 0.25) is 0 Å². The maximum Gasteiger partial charge on any atom is 0.226 e. The summed E-state index contributed by atoms with van der Waals surface area (Å²) >= 11 is 0. The number of nitrogens with zero attached hydrogens (tertiary/aromatic N) is 1. The van der Waals surface area contributed by atoms with Crippen molar-refractivity contribution in [1.82, 2.24) is 4.90 Å². The lowest BCUT2D eigenvalue weighted by Crippen LogP contribution is -2.38. The molecule has 1 amide bonds. The van der Waals surface area contributed by atoms with Crippen molar-refractivity contribution < 1.29 is 4.79 Å². The van der Waals surface area contributed by atoms with Crippen LogP contribution in [0.4, 0.5) is 0 Å². The van der Waals surface area contributed by atoms with E-state index in [2.05, 4.69) is 0 Å². The molecule has 3 nitrogen and oxygen atoms in total. The average molecular weight is 208 g/mol. The number of rotatable bonds is 1. The zero-order valence-corrected chi connectivity index (χ0v) is 9.19. The van der Waals surface area contributed by atoms with Crippen LogP contribution in [0.15, 0.2) is 0 Å². The first-order valence-corrected chi connectivity index (χ1v) is 6.28. The van der Waals surface area contributed by atoms with Crippen LogP contribution in [0.25, 0.3) is 0 Å². The van der Waals surface area contributed by atoms with Gasteiger partial charge in [0, 0.05) is 25.0 Å². The summed E-state index contributed by atoms with van der Waals surface area (Å²) in [4.78, 5) is 14.3. The van der Waals surface area contributed by atoms with Gasteiger partial charge in [-0.25, -0.2) is 0 Å². The molecular formula is C12H20N2O. The van der Waals surface area contributed by atoms with Crippen LogP contribution in [0.1, 0.15) is 32.1 Å². The third kappa shape index (κ3) is 1.57. The molecule has 0 radical (unpaired) electrons. The van der Waals surface area contributed by atoms with Crippen LogP contribution >= 0.6 is 0 Å². The summed E-state index contributed by atoms with van der Waals surface area (Å²) < 4.78 is 0. The maximum absolute atomic E-state index is 12.3. The normalized spacial score (nSPS) is 43.9. The summed E-state index contributed by atoms with van der Waals surface area (Å²) in [5.74, 6) is 2.34. The van der Waals surface area contributed by atoms with Crippen LogP contribution in [0.5, 0.6) is 0 Å². The number of hydrogen-bond donors (Lipinski definition) is 1. The van der Waals surface area contributed by atoms with Gasteiger partial charge in [-0.2, -0.15) is 0 Å². The number of nitrogens with two attached hydrogens (primary N) is 1. The molecule has 84 valence electrons. The van der Waals surface area contributed by atoms with Gasteiger partial charge in [0.2, 0.25) is 5.91 Å². The molecule has 0 spiro atoms. The van der Waals surface area contributed by atoms with E-state index in [0.717, 1.165) is 31.8 Å². The van der Waals surface area contributed by atoms with Gasteiger partial charge in [0.1, 0.15) is 0 Å². The van der Waals surface area contributed by atoms with Gasteiger partial charge in [-0.3, -0.25) is 4.79 Å². The van der Waals surface area contributed by atoms with E-state index in [1.54, 1.807) is 0 Å². The van der Waals surface area contributed by atoms with Crippen LogP contribution in [0, 0.1) is 17.8 Å². The highest BCUT2D eigenvalue weighted by molar-refractivity contribution is 5.80. The smallest absolute Gasteiger partial charge is 0.226 e. The Kier molecular flexibility index (Phi) is 2.23. The summed E-state index contributed by atoms with van der Waals surface area (Å²) in [5, 5.41) is 0. The van der Waals surface area contributed by atoms with Gasteiger partial charge in [-0.05, 0) is 37.5 Å². The molecule has 15 heavy (non-hydrogen) atoms. The zero-order valence-electron chi connectivity index (χ0n) is 9.19. The monoisotopic (exact) mass is 208 g/mol. The number of carbonyl (C=O) groups excluding carboxylic acids is 1. The van der Waals surface area contributed by atoms with Crippen molar-refractivity contribution in [2.45, 2.75) is 38.1 Å². The first-order chi connectivity index (χ1) is 7.24. The van der Waals surface area contributed by atoms with Crippen molar-refractivity contribution in [3.05, 3.63) is 0 Å². The van der Waals surface area contributed by atoms with Gasteiger partial charge in [0.15, 0.2) is 0 Å². The summed E-state index contributed by atoms with van der Waals surface area (Å²) in [7, 11) is 0. The van der Waals surface area contributed by atoms with Crippen LogP contribution in [-0.4, -0.2) is 29.9 Å². The molecule has 4 unspecified atom stereocenters. The lowest BCUT2D eigenvalue weighted by atomic mass is 9.88. The van der Waals surface area contributed by atoms with Gasteiger partial charge < -0.3 is 10.6 Å². The van der Waals surface area contributed by atoms with Crippen molar-refractivity contribution in [2.24, 2.45) is 23.5 Å². The molecule has 1 aliphatic heterocycles. The van der Waals surface area contributed by atoms with Crippen molar-refractivity contribution in [1.29, 1.82) is 0 Å². The van der Waals surface area contributed by atoms with Gasteiger partial charge in [-0.1, -0.05) is 6.42 Å². The topological polar surface area (TPSA) is 46.3 Å². The molecule has 2 aliphatic carbocycles. The maximum atomic E-state index is 12.3. The minimum absolute atomic E-state index is 0.229. The third-order valence-electron chi connectivity index (χ3n) is 4.59. The number of likely N-dealkylation sites (tertiary alicyclic amines) is 1. The Morgan fingerprint density at radius 1 is 1.20 bits per heavy atom. The van der Waals surface area contributed by atoms with Gasteiger partial charge >= 0.3 is 0 Å². The van der Waals surface area contributed by atoms with Gasteiger partial charge in [0.05, 0.1) is 0 Å². The van der Waals surface area contributed by atoms with Gasteiger partial charge in [0.25, 0.3) is 0 Å². The number of amides is 1. The van der Waals surface area contributed by atoms with E-state index in [-0.39, 0.29) is 6.04 Å². The van der Waals surface area contributed by atoms with Gasteiger partial charge in [-0.15, -0.1) is 0 Å². The van der Waals surface area contributed by atoms with Crippen molar-refractivity contribution >= 4 is 5.91 Å². The lowest BCUT2D eigenvalue weighted by Gasteiger charge is -2.26. The van der Waals surface area contributed by atoms with E-state index in [4.69, 9.17) is 5.73 Å². The van der Waals surface area contributed by atoms with E-state index in [9.17, 15) is 4.79 Å². The SMILES string of the molecule is NC1CCN(C(=O)C2CC3CCC2C3)C1. The second kappa shape index (κ2) is 3.48. The Hall–Kier alpha value is -0.570. The molecule has 2 saturated carbocycles. The first-order valence-electron chi connectivity index (χ1n) is 6.28. The van der Waals surface area contributed by atoms with Crippen molar-refractivity contribution in [3.8, 4) is 0 Å². The van der Waals surface area contributed by atoms with Crippen LogP contribution in [0.3, 0.4) is 0 Å². The minimum atomic E-state index is 0.229. The molecule has 2 bridgehead atoms. The van der Waals surface area contributed by atoms with Crippen molar-refractivity contribution in [3.63, 3.8) is 0 Å². The molecule has 0 aromatic rings. The number of hydrogen-bond acceptors (Lipinski definition) is 2. The zero-order chi connectivity index (χ0) is 10.4. The number of fused-ring (bicyclic) bond motifs is 2. The first kappa shape index (κ1) is 9.64. The highest BCUT2D eigenvalue weighted by Gasteiger charge is 2.44. The quantitative estimate of drug-likeness (QED) is 0.698. The second-order valence-electron chi connectivity index (χ2n) is 5.61. The predicted molar refractivity (Wildman–Crippen MR) is 58.1 cm³/mol. The Morgan fingerprint density at radius 3 is 2.60 bits per heavy atom. The Bertz CT molecular complexity index is 279. The third-order valence-corrected chi connectivity index (χ3v) is 4.59. The van der Waals surface area contributed by atoms with Crippen LogP contribution < -0.4 is 5.73 Å². The van der Waals surface area contributed by atoms with E-state index in [1.165, 1.54) is 19.3 Å². The fourth-order valence-corrected chi connectivity index (χ4v) is 3.77. The Labute approximate surface area is 91.0 Å². The molecule has 4 atom stereocenters. The fourth-order valence-electron chi connectivity index (χ4n) is 3.77. The summed E-state index contributed by atoms with van der Waals surface area (Å²) in [6.07, 6.45) is 6.13. The van der Waals surface area contributed by atoms with E-state index >= 15 is 0 Å². The lowest BCUT2D eigenvalue weighted by molar-refractivity contribution is -0.136. The standard InChI is InChI=1S/C12H20N2O/c13-10-3-4-14(7-10)12(15)11-6-8-1-2-9(11)5-8/h8-11H,1-7,13H2. The molecule has 3 aliphatic rings. The number of carbonyl (C=O) groups is 1. The van der Waals surface area contributed by atoms with Crippen LogP contribution in [-0.2, 0) is 4.79 Å². The molecule has 1 saturated heterocycles. The van der Waals surface area contributed by atoms with E-state index in [0.29, 0.717) is 17.7 Å². The van der Waals surface area contributed by atoms with E-state index < -0.39 is 0 Å². The highest BCUT2D eigenvalue weighted by Crippen LogP contribution is 2.49. The molecule has 3 rings (SSSR count). The average Bonchev–Trinajstić information content (AvgIpc) is 2.90. The summed E-state index contributed by atoms with van der Waals surface area (Å²) in [5.41, 5.74) is 5.84. The minimum Gasteiger partial charge on any atom is -0.341 e. The Balaban J connectivity index is 1.65. The molecular weight excluding hydrogens is 188 g/mol.